The first kappa shape index (κ1) is 42.3. The van der Waals surface area contributed by atoms with Gasteiger partial charge < -0.3 is 37.7 Å². The van der Waals surface area contributed by atoms with Gasteiger partial charge in [0.2, 0.25) is 11.4 Å². The topological polar surface area (TPSA) is 106 Å². The molecule has 0 saturated heterocycles. The van der Waals surface area contributed by atoms with Crippen molar-refractivity contribution in [3.05, 3.63) is 190 Å². The van der Waals surface area contributed by atoms with Crippen molar-refractivity contribution in [2.24, 2.45) is 0 Å². The quantitative estimate of drug-likeness (QED) is 0.115. The molecule has 0 saturated carbocycles. The van der Waals surface area contributed by atoms with Crippen molar-refractivity contribution >= 4 is 22.2 Å². The van der Waals surface area contributed by atoms with Crippen molar-refractivity contribution in [2.45, 2.75) is 6.54 Å². The molecule has 0 aliphatic carbocycles. The van der Waals surface area contributed by atoms with Crippen molar-refractivity contribution in [2.75, 3.05) is 54.5 Å². The Morgan fingerprint density at radius 2 is 1.00 bits per heavy atom. The molecule has 0 atom stereocenters. The number of benzene rings is 5. The minimum atomic E-state index is -0.0637. The van der Waals surface area contributed by atoms with Crippen molar-refractivity contribution in [1.82, 2.24) is 19.4 Å². The van der Waals surface area contributed by atoms with Crippen molar-refractivity contribution < 1.29 is 18.3 Å². The lowest BCUT2D eigenvalue weighted by Gasteiger charge is -2.11. The van der Waals surface area contributed by atoms with E-state index in [9.17, 15) is 9.59 Å². The number of H-pyrrole nitrogens is 1. The number of fused-ring (bicyclic) bond motifs is 2. The van der Waals surface area contributed by atoms with E-state index in [1.807, 2.05) is 160 Å². The second-order valence-corrected chi connectivity index (χ2v) is 15.7. The summed E-state index contributed by atoms with van der Waals surface area (Å²) in [4.78, 5) is 32.9. The highest BCUT2D eigenvalue weighted by molar-refractivity contribution is 6.01. The Balaban J connectivity index is 0.000000177. The monoisotopic (exact) mass is 838 g/mol. The number of nitrogens with zero attached hydrogens (tertiary/aromatic N) is 3. The summed E-state index contributed by atoms with van der Waals surface area (Å²) in [5.41, 5.74) is 7.36. The molecule has 0 amide bonds. The number of hydrogen-bond acceptors (Lipinski definition) is 8. The smallest absolute Gasteiger partial charge is 0.212 e. The summed E-state index contributed by atoms with van der Waals surface area (Å²) in [5.74, 6) is 2.95. The van der Waals surface area contributed by atoms with Crippen LogP contribution in [0.25, 0.3) is 67.1 Å². The summed E-state index contributed by atoms with van der Waals surface area (Å²) < 4.78 is 26.2. The molecule has 0 bridgehead atoms. The van der Waals surface area contributed by atoms with Crippen LogP contribution in [0.5, 0.6) is 11.5 Å². The minimum Gasteiger partial charge on any atom is -0.492 e. The number of likely N-dealkylation sites (N-methyl/N-ethyl adjacent to an activating group) is 2. The first-order valence-corrected chi connectivity index (χ1v) is 20.9. The van der Waals surface area contributed by atoms with Crippen LogP contribution in [0, 0.1) is 0 Å². The number of pyridine rings is 2. The van der Waals surface area contributed by atoms with Crippen LogP contribution in [0.2, 0.25) is 0 Å². The average Bonchev–Trinajstić information content (AvgIpc) is 3.91. The van der Waals surface area contributed by atoms with Gasteiger partial charge in [-0.1, -0.05) is 91.0 Å². The molecule has 5 aromatic carbocycles. The van der Waals surface area contributed by atoms with Crippen LogP contribution < -0.4 is 20.3 Å². The second kappa shape index (κ2) is 19.5. The molecule has 0 aliphatic rings. The van der Waals surface area contributed by atoms with Crippen LogP contribution in [0.3, 0.4) is 0 Å². The first-order valence-electron chi connectivity index (χ1n) is 20.9. The van der Waals surface area contributed by atoms with E-state index in [2.05, 4.69) is 26.9 Å². The fourth-order valence-corrected chi connectivity index (χ4v) is 7.37. The van der Waals surface area contributed by atoms with Crippen molar-refractivity contribution in [3.63, 3.8) is 0 Å². The zero-order valence-electron chi connectivity index (χ0n) is 35.9. The highest BCUT2D eigenvalue weighted by Gasteiger charge is 2.23. The standard InChI is InChI=1S/C30H28N2O3.C23H22N2O3/c1-31(2)19-20-34-25-15-13-24(14-16-25)29-27(23-11-7-4-8-12-23)28-26(33)17-18-32(30(28)35-29)21-22-9-5-3-6-10-22;1-25(2)14-15-27-18-10-8-17(9-11-18)22-20(16-6-4-3-5-7-16)21-19(26)12-13-24-23(21)28-22/h3-18H,19-21H2,1-2H3;3-13H,14-15H2,1-2H3,(H,24,26). The molecule has 10 heteroatoms. The summed E-state index contributed by atoms with van der Waals surface area (Å²) >= 11 is 0. The lowest BCUT2D eigenvalue weighted by atomic mass is 9.99. The van der Waals surface area contributed by atoms with Gasteiger partial charge in [-0.15, -0.1) is 0 Å². The van der Waals surface area contributed by atoms with Gasteiger partial charge in [0.1, 0.15) is 36.2 Å². The van der Waals surface area contributed by atoms with E-state index in [1.54, 1.807) is 18.5 Å². The molecule has 10 nitrogen and oxygen atoms in total. The molecule has 1 N–H and O–H groups in total. The molecule has 0 radical (unpaired) electrons. The fraction of sp³-hybridized carbons (Fsp3) is 0.170. The molecule has 9 aromatic rings. The highest BCUT2D eigenvalue weighted by atomic mass is 16.5. The van der Waals surface area contributed by atoms with Gasteiger partial charge in [-0.3, -0.25) is 9.59 Å². The van der Waals surface area contributed by atoms with Crippen LogP contribution in [-0.2, 0) is 6.54 Å². The van der Waals surface area contributed by atoms with Gasteiger partial charge >= 0.3 is 0 Å². The van der Waals surface area contributed by atoms with Crippen LogP contribution in [-0.4, -0.2) is 73.8 Å². The minimum absolute atomic E-state index is 0.0539. The van der Waals surface area contributed by atoms with Crippen LogP contribution in [0.1, 0.15) is 5.56 Å². The van der Waals surface area contributed by atoms with E-state index in [1.165, 1.54) is 6.07 Å². The zero-order valence-corrected chi connectivity index (χ0v) is 35.9. The Morgan fingerprint density at radius 3 is 1.52 bits per heavy atom. The molecule has 0 aliphatic heterocycles. The van der Waals surface area contributed by atoms with Crippen LogP contribution in [0.15, 0.2) is 182 Å². The summed E-state index contributed by atoms with van der Waals surface area (Å²) in [7, 11) is 8.07. The van der Waals surface area contributed by atoms with Crippen LogP contribution >= 0.6 is 0 Å². The van der Waals surface area contributed by atoms with Gasteiger partial charge in [0.15, 0.2) is 10.9 Å². The summed E-state index contributed by atoms with van der Waals surface area (Å²) in [6, 6.07) is 48.7. The number of aromatic amines is 1. The summed E-state index contributed by atoms with van der Waals surface area (Å²) in [6.07, 6.45) is 3.41. The van der Waals surface area contributed by atoms with E-state index < -0.39 is 0 Å². The molecule has 0 spiro atoms. The normalized spacial score (nSPS) is 11.3. The van der Waals surface area contributed by atoms with E-state index >= 15 is 0 Å². The SMILES string of the molecule is CN(C)CCOc1ccc(-c2oc3[nH]ccc(=O)c3c2-c2ccccc2)cc1.CN(C)CCOc1ccc(-c2oc3c(c2-c2ccccc2)c(=O)ccn3Cc2ccccc2)cc1. The molecular weight excluding hydrogens is 789 g/mol. The summed E-state index contributed by atoms with van der Waals surface area (Å²) in [5, 5.41) is 1.16. The lowest BCUT2D eigenvalue weighted by molar-refractivity contribution is 0.261. The molecule has 9 rings (SSSR count). The second-order valence-electron chi connectivity index (χ2n) is 15.7. The van der Waals surface area contributed by atoms with Gasteiger partial charge in [-0.2, -0.15) is 0 Å². The van der Waals surface area contributed by atoms with Crippen LogP contribution in [0.4, 0.5) is 0 Å². The molecular formula is C53H50N4O6. The zero-order chi connectivity index (χ0) is 43.7. The third kappa shape index (κ3) is 9.89. The maximum absolute atomic E-state index is 13.2. The van der Waals surface area contributed by atoms with Crippen molar-refractivity contribution in [3.8, 4) is 56.4 Å². The largest absolute Gasteiger partial charge is 0.492 e. The van der Waals surface area contributed by atoms with E-state index in [-0.39, 0.29) is 10.9 Å². The lowest BCUT2D eigenvalue weighted by Crippen LogP contribution is -2.19. The number of hydrogen-bond donors (Lipinski definition) is 1. The number of furan rings is 2. The average molecular weight is 839 g/mol. The number of ether oxygens (including phenoxy) is 2. The maximum Gasteiger partial charge on any atom is 0.212 e. The molecule has 0 fully saturated rings. The molecule has 318 valence electrons. The third-order valence-corrected chi connectivity index (χ3v) is 10.6. The predicted molar refractivity (Wildman–Crippen MR) is 253 cm³/mol. The van der Waals surface area contributed by atoms with E-state index in [0.717, 1.165) is 63.5 Å². The number of nitrogens with one attached hydrogen (secondary N) is 1. The van der Waals surface area contributed by atoms with Gasteiger partial charge in [0, 0.05) is 59.9 Å². The number of rotatable bonds is 14. The van der Waals surface area contributed by atoms with E-state index in [0.29, 0.717) is 53.5 Å². The predicted octanol–water partition coefficient (Wildman–Crippen LogP) is 10.3. The van der Waals surface area contributed by atoms with Gasteiger partial charge in [0.05, 0.1) is 17.3 Å². The first-order chi connectivity index (χ1) is 30.7. The Kier molecular flexibility index (Phi) is 13.1. The Morgan fingerprint density at radius 1 is 0.524 bits per heavy atom. The molecule has 0 unspecified atom stereocenters. The summed E-state index contributed by atoms with van der Waals surface area (Å²) in [6.45, 7) is 3.55. The number of aromatic nitrogens is 2. The van der Waals surface area contributed by atoms with Gasteiger partial charge in [-0.25, -0.2) is 0 Å². The third-order valence-electron chi connectivity index (χ3n) is 10.6. The Bertz CT molecular complexity index is 3010. The van der Waals surface area contributed by atoms with Gasteiger partial charge in [-0.05, 0) is 93.4 Å². The molecule has 4 aromatic heterocycles. The highest BCUT2D eigenvalue weighted by Crippen LogP contribution is 2.41. The van der Waals surface area contributed by atoms with Crippen molar-refractivity contribution in [1.29, 1.82) is 0 Å². The molecule has 63 heavy (non-hydrogen) atoms. The Hall–Kier alpha value is -7.40. The fourth-order valence-electron chi connectivity index (χ4n) is 7.37. The van der Waals surface area contributed by atoms with Gasteiger partial charge in [0.25, 0.3) is 0 Å². The maximum atomic E-state index is 13.2. The van der Waals surface area contributed by atoms with E-state index in [4.69, 9.17) is 18.3 Å². The Labute approximate surface area is 366 Å². The molecule has 4 heterocycles.